The van der Waals surface area contributed by atoms with Gasteiger partial charge >= 0.3 is 6.64 Å². The summed E-state index contributed by atoms with van der Waals surface area (Å²) in [6.45, 7) is -2.41. The summed E-state index contributed by atoms with van der Waals surface area (Å²) >= 11 is 5.05. The maximum absolute atomic E-state index is 5.05. The number of rotatable bonds is 3. The predicted octanol–water partition coefficient (Wildman–Crippen LogP) is 0.643. The van der Waals surface area contributed by atoms with Crippen molar-refractivity contribution in [1.29, 1.82) is 0 Å². The van der Waals surface area contributed by atoms with Crippen molar-refractivity contribution >= 4 is 18.4 Å². The van der Waals surface area contributed by atoms with Gasteiger partial charge in [-0.15, -0.1) is 0 Å². The molecule has 7 heteroatoms. The van der Waals surface area contributed by atoms with Crippen molar-refractivity contribution in [3.05, 3.63) is 12.7 Å². The summed E-state index contributed by atoms with van der Waals surface area (Å²) in [6, 6.07) is 0. The molecule has 0 atom stereocenters. The molecule has 0 N–H and O–H groups in total. The minimum absolute atomic E-state index is 1.39. The summed E-state index contributed by atoms with van der Waals surface area (Å²) in [5, 5.41) is 3.83. The van der Waals surface area contributed by atoms with Crippen LogP contribution in [0.25, 0.3) is 0 Å². The highest BCUT2D eigenvalue weighted by molar-refractivity contribution is 8.09. The molecule has 0 bridgehead atoms. The molecule has 0 aromatic carbocycles. The Labute approximate surface area is 69.6 Å². The molecule has 0 radical (unpaired) electrons. The molecule has 0 saturated heterocycles. The van der Waals surface area contributed by atoms with E-state index in [0.717, 1.165) is 0 Å². The van der Waals surface area contributed by atoms with Crippen LogP contribution in [0.4, 0.5) is 0 Å². The third kappa shape index (κ3) is 1.65. The molecule has 0 amide bonds. The Morgan fingerprint density at radius 1 is 1.45 bits per heavy atom. The largest absolute Gasteiger partial charge is 0.316 e. The second kappa shape index (κ2) is 3.40. The Balaban J connectivity index is 2.97. The third-order valence-electron chi connectivity index (χ3n) is 1.12. The van der Waals surface area contributed by atoms with Gasteiger partial charge in [0.25, 0.3) is 0 Å². The molecule has 11 heavy (non-hydrogen) atoms. The van der Waals surface area contributed by atoms with Gasteiger partial charge in [0, 0.05) is 14.2 Å². The van der Waals surface area contributed by atoms with Crippen molar-refractivity contribution in [2.45, 2.75) is 0 Å². The standard InChI is InChI=1S/C4H8N3O2PS/c1-8-10(11,9-2)7-4-5-3-6-7/h3-4H,1-2H3. The molecule has 0 spiro atoms. The zero-order valence-electron chi connectivity index (χ0n) is 6.17. The Morgan fingerprint density at radius 2 is 2.09 bits per heavy atom. The van der Waals surface area contributed by atoms with Crippen LogP contribution in [0.2, 0.25) is 0 Å². The van der Waals surface area contributed by atoms with Crippen molar-refractivity contribution in [3.63, 3.8) is 0 Å². The molecule has 62 valence electrons. The van der Waals surface area contributed by atoms with Gasteiger partial charge in [-0.25, -0.2) is 4.98 Å². The van der Waals surface area contributed by atoms with Crippen molar-refractivity contribution in [3.8, 4) is 0 Å². The Bertz CT molecular complexity index is 254. The van der Waals surface area contributed by atoms with Gasteiger partial charge in [0.1, 0.15) is 12.7 Å². The maximum atomic E-state index is 5.05. The van der Waals surface area contributed by atoms with E-state index in [2.05, 4.69) is 10.1 Å². The first kappa shape index (κ1) is 8.80. The molecule has 0 aliphatic rings. The molecule has 1 heterocycles. The lowest BCUT2D eigenvalue weighted by Crippen LogP contribution is -2.00. The second-order valence-electron chi connectivity index (χ2n) is 1.65. The first-order valence-electron chi connectivity index (χ1n) is 2.80. The summed E-state index contributed by atoms with van der Waals surface area (Å²) in [5.41, 5.74) is 0. The van der Waals surface area contributed by atoms with Gasteiger partial charge in [0.2, 0.25) is 0 Å². The number of hydrogen-bond acceptors (Lipinski definition) is 5. The highest BCUT2D eigenvalue weighted by atomic mass is 32.5. The van der Waals surface area contributed by atoms with E-state index < -0.39 is 6.64 Å². The van der Waals surface area contributed by atoms with E-state index in [9.17, 15) is 0 Å². The second-order valence-corrected chi connectivity index (χ2v) is 5.11. The highest BCUT2D eigenvalue weighted by Crippen LogP contribution is 2.46. The minimum Gasteiger partial charge on any atom is -0.316 e. The van der Waals surface area contributed by atoms with Gasteiger partial charge in [0.05, 0.1) is 0 Å². The van der Waals surface area contributed by atoms with Crippen LogP contribution in [0.5, 0.6) is 0 Å². The topological polar surface area (TPSA) is 49.2 Å². The number of aromatic nitrogens is 3. The SMILES string of the molecule is COP(=S)(OC)n1cncn1. The molecule has 1 rings (SSSR count). The van der Waals surface area contributed by atoms with Crippen molar-refractivity contribution < 1.29 is 9.05 Å². The molecule has 0 saturated carbocycles. The van der Waals surface area contributed by atoms with Gasteiger partial charge in [0.15, 0.2) is 0 Å². The van der Waals surface area contributed by atoms with E-state index in [1.807, 2.05) is 0 Å². The predicted molar refractivity (Wildman–Crippen MR) is 43.7 cm³/mol. The molecule has 0 aliphatic carbocycles. The van der Waals surface area contributed by atoms with E-state index in [4.69, 9.17) is 20.9 Å². The molecule has 0 unspecified atom stereocenters. The average molecular weight is 193 g/mol. The summed E-state index contributed by atoms with van der Waals surface area (Å²) in [7, 11) is 2.98. The number of nitrogens with zero attached hydrogens (tertiary/aromatic N) is 3. The molecular weight excluding hydrogens is 185 g/mol. The normalized spacial score (nSPS) is 11.8. The van der Waals surface area contributed by atoms with Gasteiger partial charge < -0.3 is 9.05 Å². The zero-order chi connectivity index (χ0) is 8.32. The van der Waals surface area contributed by atoms with Crippen LogP contribution < -0.4 is 0 Å². The van der Waals surface area contributed by atoms with Crippen LogP contribution in [0.15, 0.2) is 12.7 Å². The first-order chi connectivity index (χ1) is 5.23. The molecule has 1 aromatic rings. The van der Waals surface area contributed by atoms with Gasteiger partial charge in [-0.05, 0) is 11.8 Å². The molecule has 0 aliphatic heterocycles. The fourth-order valence-electron chi connectivity index (χ4n) is 0.570. The van der Waals surface area contributed by atoms with Crippen LogP contribution in [-0.4, -0.2) is 28.8 Å². The van der Waals surface area contributed by atoms with Crippen molar-refractivity contribution in [1.82, 2.24) is 14.5 Å². The fraction of sp³-hybridized carbons (Fsp3) is 0.500. The average Bonchev–Trinajstić information content (AvgIpc) is 2.55. The van der Waals surface area contributed by atoms with E-state index in [0.29, 0.717) is 0 Å². The Hall–Kier alpha value is -0.290. The summed E-state index contributed by atoms with van der Waals surface area (Å²) in [4.78, 5) is 3.74. The van der Waals surface area contributed by atoms with Gasteiger partial charge in [-0.2, -0.15) is 9.55 Å². The quantitative estimate of drug-likeness (QED) is 0.659. The van der Waals surface area contributed by atoms with Crippen molar-refractivity contribution in [2.24, 2.45) is 0 Å². The van der Waals surface area contributed by atoms with Gasteiger partial charge in [-0.3, -0.25) is 0 Å². The molecule has 0 fully saturated rings. The lowest BCUT2D eigenvalue weighted by atomic mass is 11.3. The summed E-state index contributed by atoms with van der Waals surface area (Å²) in [5.74, 6) is 0. The third-order valence-corrected chi connectivity index (χ3v) is 4.15. The molecule has 5 nitrogen and oxygen atoms in total. The van der Waals surface area contributed by atoms with Gasteiger partial charge in [-0.1, -0.05) is 0 Å². The van der Waals surface area contributed by atoms with E-state index in [-0.39, 0.29) is 0 Å². The fourth-order valence-corrected chi connectivity index (χ4v) is 1.67. The lowest BCUT2D eigenvalue weighted by molar-refractivity contribution is 0.325. The smallest absolute Gasteiger partial charge is 0.311 e. The minimum atomic E-state index is -2.41. The van der Waals surface area contributed by atoms with Crippen LogP contribution in [-0.2, 0) is 20.9 Å². The summed E-state index contributed by atoms with van der Waals surface area (Å²) < 4.78 is 11.4. The highest BCUT2D eigenvalue weighted by Gasteiger charge is 2.18. The maximum Gasteiger partial charge on any atom is 0.311 e. The molecule has 1 aromatic heterocycles. The van der Waals surface area contributed by atoms with Crippen LogP contribution in [0.3, 0.4) is 0 Å². The van der Waals surface area contributed by atoms with E-state index in [1.54, 1.807) is 0 Å². The van der Waals surface area contributed by atoms with Crippen LogP contribution in [0, 0.1) is 0 Å². The van der Waals surface area contributed by atoms with E-state index >= 15 is 0 Å². The van der Waals surface area contributed by atoms with E-state index in [1.165, 1.54) is 31.3 Å². The number of hydrogen-bond donors (Lipinski definition) is 0. The van der Waals surface area contributed by atoms with Crippen LogP contribution in [0.1, 0.15) is 0 Å². The molecular formula is C4H8N3O2PS. The van der Waals surface area contributed by atoms with Crippen LogP contribution >= 0.6 is 6.64 Å². The Morgan fingerprint density at radius 3 is 2.45 bits per heavy atom. The first-order valence-corrected chi connectivity index (χ1v) is 5.39. The van der Waals surface area contributed by atoms with Crippen molar-refractivity contribution in [2.75, 3.05) is 14.2 Å². The summed E-state index contributed by atoms with van der Waals surface area (Å²) in [6.07, 6.45) is 2.87. The zero-order valence-corrected chi connectivity index (χ0v) is 7.88. The monoisotopic (exact) mass is 193 g/mol. The Kier molecular flexibility index (Phi) is 2.72. The lowest BCUT2D eigenvalue weighted by Gasteiger charge is -2.15.